The van der Waals surface area contributed by atoms with Crippen LogP contribution in [0.4, 0.5) is 5.69 Å². The van der Waals surface area contributed by atoms with E-state index in [1.54, 1.807) is 6.07 Å². The van der Waals surface area contributed by atoms with Gasteiger partial charge in [0.2, 0.25) is 0 Å². The number of rotatable bonds is 3. The number of nitrogens with zero attached hydrogens (tertiary/aromatic N) is 2. The number of aromatic nitrogens is 1. The zero-order valence-corrected chi connectivity index (χ0v) is 15.9. The lowest BCUT2D eigenvalue weighted by Gasteiger charge is -2.23. The average Bonchev–Trinajstić information content (AvgIpc) is 2.72. The minimum absolute atomic E-state index is 0.0758. The zero-order chi connectivity index (χ0) is 19.3. The third kappa shape index (κ3) is 2.45. The molecular weight excluding hydrogens is 348 g/mol. The van der Waals surface area contributed by atoms with Gasteiger partial charge in [0, 0.05) is 35.6 Å². The molecule has 4 nitrogen and oxygen atoms in total. The molecule has 0 radical (unpaired) electrons. The minimum Gasteiger partial charge on any atom is -0.453 e. The van der Waals surface area contributed by atoms with Gasteiger partial charge in [0.15, 0.2) is 16.8 Å². The van der Waals surface area contributed by atoms with Gasteiger partial charge in [-0.25, -0.2) is 4.98 Å². The van der Waals surface area contributed by atoms with Crippen molar-refractivity contribution in [2.24, 2.45) is 0 Å². The van der Waals surface area contributed by atoms with E-state index in [2.05, 4.69) is 55.1 Å². The summed E-state index contributed by atoms with van der Waals surface area (Å²) in [5, 5.41) is 4.66. The van der Waals surface area contributed by atoms with Crippen LogP contribution in [0.15, 0.2) is 69.9 Å². The fraction of sp³-hybridized carbons (Fsp3) is 0.167. The molecule has 3 aromatic rings. The topological polar surface area (TPSA) is 46.3 Å². The van der Waals surface area contributed by atoms with Crippen molar-refractivity contribution in [2.45, 2.75) is 13.8 Å². The number of fused-ring (bicyclic) bond motifs is 6. The Hall–Kier alpha value is -3.40. The SMILES string of the molecule is CCN(CC)c1cccc2c1ccc1c2ccc2oc3cc(=O)ccc-3nc21. The van der Waals surface area contributed by atoms with Gasteiger partial charge in [0.1, 0.15) is 11.2 Å². The Morgan fingerprint density at radius 1 is 0.857 bits per heavy atom. The van der Waals surface area contributed by atoms with Crippen LogP contribution in [0.3, 0.4) is 0 Å². The smallest absolute Gasteiger partial charge is 0.182 e. The molecule has 0 atom stereocenters. The van der Waals surface area contributed by atoms with Gasteiger partial charge in [-0.3, -0.25) is 4.79 Å². The molecule has 0 fully saturated rings. The predicted molar refractivity (Wildman–Crippen MR) is 115 cm³/mol. The van der Waals surface area contributed by atoms with Crippen molar-refractivity contribution in [2.75, 3.05) is 18.0 Å². The van der Waals surface area contributed by atoms with Crippen LogP contribution in [-0.2, 0) is 0 Å². The Balaban J connectivity index is 1.86. The van der Waals surface area contributed by atoms with Gasteiger partial charge in [-0.1, -0.05) is 24.3 Å². The summed E-state index contributed by atoms with van der Waals surface area (Å²) in [6.45, 7) is 6.31. The molecule has 4 heteroatoms. The Bertz CT molecular complexity index is 1370. The van der Waals surface area contributed by atoms with Crippen LogP contribution in [0, 0.1) is 0 Å². The van der Waals surface area contributed by atoms with E-state index in [0.717, 1.165) is 29.4 Å². The van der Waals surface area contributed by atoms with Gasteiger partial charge in [-0.05, 0) is 55.0 Å². The summed E-state index contributed by atoms with van der Waals surface area (Å²) in [5.74, 6) is 0.518. The molecule has 0 saturated carbocycles. The molecule has 28 heavy (non-hydrogen) atoms. The summed E-state index contributed by atoms with van der Waals surface area (Å²) in [6.07, 6.45) is 0. The van der Waals surface area contributed by atoms with Crippen molar-refractivity contribution in [3.63, 3.8) is 0 Å². The lowest BCUT2D eigenvalue weighted by molar-refractivity contribution is 0.613. The summed E-state index contributed by atoms with van der Waals surface area (Å²) in [5.41, 5.74) is 3.37. The molecule has 1 aliphatic carbocycles. The highest BCUT2D eigenvalue weighted by Crippen LogP contribution is 2.36. The van der Waals surface area contributed by atoms with E-state index in [4.69, 9.17) is 9.40 Å². The second-order valence-electron chi connectivity index (χ2n) is 6.96. The van der Waals surface area contributed by atoms with Crippen LogP contribution < -0.4 is 10.3 Å². The maximum Gasteiger partial charge on any atom is 0.182 e. The highest BCUT2D eigenvalue weighted by Gasteiger charge is 2.14. The predicted octanol–water partition coefficient (Wildman–Crippen LogP) is 5.45. The van der Waals surface area contributed by atoms with E-state index in [9.17, 15) is 4.79 Å². The quantitative estimate of drug-likeness (QED) is 0.314. The van der Waals surface area contributed by atoms with Crippen LogP contribution in [0.2, 0.25) is 0 Å². The van der Waals surface area contributed by atoms with Crippen LogP contribution in [0.5, 0.6) is 0 Å². The molecule has 0 saturated heterocycles. The average molecular weight is 368 g/mol. The van der Waals surface area contributed by atoms with Gasteiger partial charge in [0.25, 0.3) is 0 Å². The zero-order valence-electron chi connectivity index (χ0n) is 15.9. The molecule has 0 bridgehead atoms. The largest absolute Gasteiger partial charge is 0.453 e. The molecule has 0 unspecified atom stereocenters. The summed E-state index contributed by atoms with van der Waals surface area (Å²) in [7, 11) is 0. The maximum absolute atomic E-state index is 11.6. The molecule has 1 aliphatic heterocycles. The number of hydrogen-bond acceptors (Lipinski definition) is 4. The fourth-order valence-electron chi connectivity index (χ4n) is 4.07. The van der Waals surface area contributed by atoms with E-state index in [0.29, 0.717) is 17.0 Å². The van der Waals surface area contributed by atoms with Crippen molar-refractivity contribution in [1.82, 2.24) is 4.98 Å². The van der Waals surface area contributed by atoms with Gasteiger partial charge in [0.05, 0.1) is 0 Å². The molecule has 0 N–H and O–H groups in total. The Labute approximate surface area is 162 Å². The van der Waals surface area contributed by atoms with E-state index in [1.807, 2.05) is 6.07 Å². The van der Waals surface area contributed by atoms with Crippen LogP contribution in [0.25, 0.3) is 44.1 Å². The van der Waals surface area contributed by atoms with Crippen molar-refractivity contribution in [3.05, 3.63) is 70.9 Å². The summed E-state index contributed by atoms with van der Waals surface area (Å²) in [6, 6.07) is 19.5. The highest BCUT2D eigenvalue weighted by atomic mass is 16.3. The standard InChI is InChI=1S/C24H20N2O2/c1-3-26(4-2)21-7-5-6-16-17-11-13-22-24(19(17)10-9-18(16)21)25-20-12-8-15(27)14-23(20)28-22/h5-14H,3-4H2,1-2H3. The van der Waals surface area contributed by atoms with Gasteiger partial charge < -0.3 is 9.32 Å². The van der Waals surface area contributed by atoms with Crippen LogP contribution in [0.1, 0.15) is 13.8 Å². The van der Waals surface area contributed by atoms with Crippen LogP contribution in [-0.4, -0.2) is 18.1 Å². The molecule has 2 aliphatic rings. The van der Waals surface area contributed by atoms with E-state index in [-0.39, 0.29) is 5.43 Å². The Morgan fingerprint density at radius 3 is 2.43 bits per heavy atom. The van der Waals surface area contributed by atoms with Crippen molar-refractivity contribution < 1.29 is 4.42 Å². The summed E-state index contributed by atoms with van der Waals surface area (Å²) < 4.78 is 5.97. The first-order valence-corrected chi connectivity index (χ1v) is 9.63. The first kappa shape index (κ1) is 16.8. The number of benzene rings is 4. The molecule has 0 amide bonds. The number of hydrogen-bond donors (Lipinski definition) is 0. The van der Waals surface area contributed by atoms with Crippen molar-refractivity contribution in [3.8, 4) is 11.5 Å². The molecular formula is C24H20N2O2. The lowest BCUT2D eigenvalue weighted by atomic mass is 9.99. The molecule has 1 heterocycles. The second-order valence-corrected chi connectivity index (χ2v) is 6.96. The molecule has 0 spiro atoms. The lowest BCUT2D eigenvalue weighted by Crippen LogP contribution is -2.21. The highest BCUT2D eigenvalue weighted by molar-refractivity contribution is 6.17. The first-order chi connectivity index (χ1) is 13.7. The van der Waals surface area contributed by atoms with E-state index in [1.165, 1.54) is 28.6 Å². The second kappa shape index (κ2) is 6.34. The third-order valence-corrected chi connectivity index (χ3v) is 5.46. The van der Waals surface area contributed by atoms with Crippen molar-refractivity contribution in [1.29, 1.82) is 0 Å². The molecule has 138 valence electrons. The van der Waals surface area contributed by atoms with Gasteiger partial charge in [-0.2, -0.15) is 0 Å². The van der Waals surface area contributed by atoms with E-state index < -0.39 is 0 Å². The van der Waals surface area contributed by atoms with Crippen LogP contribution >= 0.6 is 0 Å². The Kier molecular flexibility index (Phi) is 3.79. The minimum atomic E-state index is -0.0758. The summed E-state index contributed by atoms with van der Waals surface area (Å²) in [4.78, 5) is 18.8. The van der Waals surface area contributed by atoms with Gasteiger partial charge in [-0.15, -0.1) is 0 Å². The summed E-state index contributed by atoms with van der Waals surface area (Å²) >= 11 is 0. The number of anilines is 1. The fourth-order valence-corrected chi connectivity index (χ4v) is 4.07. The normalized spacial score (nSPS) is 11.6. The molecule has 0 aromatic heterocycles. The Morgan fingerprint density at radius 2 is 1.61 bits per heavy atom. The molecule has 3 aromatic carbocycles. The van der Waals surface area contributed by atoms with E-state index >= 15 is 0 Å². The van der Waals surface area contributed by atoms with Gasteiger partial charge >= 0.3 is 0 Å². The molecule has 5 rings (SSSR count). The van der Waals surface area contributed by atoms with Crippen molar-refractivity contribution >= 4 is 38.3 Å². The third-order valence-electron chi connectivity index (χ3n) is 5.46. The first-order valence-electron chi connectivity index (χ1n) is 9.63. The monoisotopic (exact) mass is 368 g/mol. The maximum atomic E-state index is 11.6.